The van der Waals surface area contributed by atoms with Crippen molar-refractivity contribution < 1.29 is 4.79 Å². The van der Waals surface area contributed by atoms with Crippen LogP contribution in [-0.2, 0) is 6.42 Å². The maximum Gasteiger partial charge on any atom is 0.319 e. The van der Waals surface area contributed by atoms with Crippen molar-refractivity contribution in [2.75, 3.05) is 18.4 Å². The molecule has 0 unspecified atom stereocenters. The minimum atomic E-state index is -0.141. The van der Waals surface area contributed by atoms with Gasteiger partial charge in [-0.15, -0.1) is 0 Å². The van der Waals surface area contributed by atoms with E-state index in [1.807, 2.05) is 24.3 Å². The van der Waals surface area contributed by atoms with Gasteiger partial charge < -0.3 is 15.5 Å². The fourth-order valence-corrected chi connectivity index (χ4v) is 3.00. The van der Waals surface area contributed by atoms with Gasteiger partial charge in [0.15, 0.2) is 0 Å². The summed E-state index contributed by atoms with van der Waals surface area (Å²) in [6, 6.07) is 10.5. The van der Waals surface area contributed by atoms with E-state index in [0.29, 0.717) is 6.42 Å². The van der Waals surface area contributed by atoms with Gasteiger partial charge in [-0.25, -0.2) is 4.79 Å². The molecule has 2 aliphatic rings. The van der Waals surface area contributed by atoms with E-state index >= 15 is 0 Å². The number of nitriles is 1. The van der Waals surface area contributed by atoms with Crippen molar-refractivity contribution >= 4 is 11.7 Å². The Bertz CT molecular complexity index is 551. The van der Waals surface area contributed by atoms with Crippen LogP contribution >= 0.6 is 0 Å². The number of nitrogens with one attached hydrogen (secondary N) is 2. The SMILES string of the molecule is N#CCc1ccc(NC(=O)NC2CCN(C3CC3)CC2)cc1. The van der Waals surface area contributed by atoms with E-state index in [1.54, 1.807) is 0 Å². The summed E-state index contributed by atoms with van der Waals surface area (Å²) >= 11 is 0. The molecule has 0 atom stereocenters. The van der Waals surface area contributed by atoms with Gasteiger partial charge in [-0.2, -0.15) is 5.26 Å². The van der Waals surface area contributed by atoms with Crippen LogP contribution in [0.2, 0.25) is 0 Å². The van der Waals surface area contributed by atoms with Gasteiger partial charge in [0.05, 0.1) is 12.5 Å². The first kappa shape index (κ1) is 14.9. The van der Waals surface area contributed by atoms with Crippen LogP contribution in [0.1, 0.15) is 31.2 Å². The molecule has 1 aromatic rings. The molecule has 2 fully saturated rings. The Morgan fingerprint density at radius 3 is 2.45 bits per heavy atom. The molecule has 2 N–H and O–H groups in total. The maximum atomic E-state index is 12.0. The third-order valence-electron chi connectivity index (χ3n) is 4.42. The summed E-state index contributed by atoms with van der Waals surface area (Å²) in [5, 5.41) is 14.6. The van der Waals surface area contributed by atoms with Crippen LogP contribution in [-0.4, -0.2) is 36.1 Å². The highest BCUT2D eigenvalue weighted by molar-refractivity contribution is 5.89. The quantitative estimate of drug-likeness (QED) is 0.897. The Labute approximate surface area is 131 Å². The van der Waals surface area contributed by atoms with Crippen molar-refractivity contribution in [1.82, 2.24) is 10.2 Å². The zero-order valence-corrected chi connectivity index (χ0v) is 12.7. The molecule has 1 aliphatic carbocycles. The number of carbonyl (C=O) groups excluding carboxylic acids is 1. The molecule has 22 heavy (non-hydrogen) atoms. The largest absolute Gasteiger partial charge is 0.335 e. The molecule has 1 aromatic carbocycles. The second-order valence-electron chi connectivity index (χ2n) is 6.17. The van der Waals surface area contributed by atoms with Crippen molar-refractivity contribution in [2.45, 2.75) is 44.2 Å². The summed E-state index contributed by atoms with van der Waals surface area (Å²) in [6.45, 7) is 2.19. The van der Waals surface area contributed by atoms with Gasteiger partial charge in [0, 0.05) is 30.9 Å². The van der Waals surface area contributed by atoms with Crippen molar-refractivity contribution in [2.24, 2.45) is 0 Å². The van der Waals surface area contributed by atoms with Crippen LogP contribution in [0.25, 0.3) is 0 Å². The highest BCUT2D eigenvalue weighted by atomic mass is 16.2. The number of urea groups is 1. The fraction of sp³-hybridized carbons (Fsp3) is 0.529. The average Bonchev–Trinajstić information content (AvgIpc) is 3.35. The smallest absolute Gasteiger partial charge is 0.319 e. The number of nitrogens with zero attached hydrogens (tertiary/aromatic N) is 2. The predicted molar refractivity (Wildman–Crippen MR) is 85.5 cm³/mol. The normalized spacial score (nSPS) is 19.4. The van der Waals surface area contributed by atoms with Crippen LogP contribution in [0.4, 0.5) is 10.5 Å². The highest BCUT2D eigenvalue weighted by Crippen LogP contribution is 2.29. The van der Waals surface area contributed by atoms with Gasteiger partial charge in [0.2, 0.25) is 0 Å². The van der Waals surface area contributed by atoms with Gasteiger partial charge >= 0.3 is 6.03 Å². The van der Waals surface area contributed by atoms with Crippen molar-refractivity contribution in [3.8, 4) is 6.07 Å². The molecule has 1 heterocycles. The molecule has 1 aliphatic heterocycles. The molecule has 1 saturated carbocycles. The van der Waals surface area contributed by atoms with Crippen LogP contribution in [0.3, 0.4) is 0 Å². The molecule has 116 valence electrons. The van der Waals surface area contributed by atoms with Gasteiger partial charge in [0.25, 0.3) is 0 Å². The number of carbonyl (C=O) groups is 1. The van der Waals surface area contributed by atoms with Gasteiger partial charge in [-0.3, -0.25) is 0 Å². The first-order valence-corrected chi connectivity index (χ1v) is 8.02. The predicted octanol–water partition coefficient (Wildman–Crippen LogP) is 2.50. The second kappa shape index (κ2) is 6.80. The molecule has 0 spiro atoms. The molecule has 0 aromatic heterocycles. The van der Waals surface area contributed by atoms with Crippen LogP contribution in [0.15, 0.2) is 24.3 Å². The monoisotopic (exact) mass is 298 g/mol. The minimum Gasteiger partial charge on any atom is -0.335 e. The Morgan fingerprint density at radius 2 is 1.86 bits per heavy atom. The van der Waals surface area contributed by atoms with E-state index in [9.17, 15) is 4.79 Å². The number of piperidine rings is 1. The number of rotatable bonds is 4. The number of hydrogen-bond acceptors (Lipinski definition) is 3. The van der Waals surface area contributed by atoms with Crippen LogP contribution in [0.5, 0.6) is 0 Å². The minimum absolute atomic E-state index is 0.141. The number of hydrogen-bond donors (Lipinski definition) is 2. The summed E-state index contributed by atoms with van der Waals surface area (Å²) in [6.07, 6.45) is 5.16. The Morgan fingerprint density at radius 1 is 1.18 bits per heavy atom. The van der Waals surface area contributed by atoms with Crippen LogP contribution < -0.4 is 10.6 Å². The lowest BCUT2D eigenvalue weighted by Crippen LogP contribution is -2.46. The molecule has 3 rings (SSSR count). The third kappa shape index (κ3) is 3.99. The summed E-state index contributed by atoms with van der Waals surface area (Å²) in [4.78, 5) is 14.6. The van der Waals surface area contributed by atoms with E-state index in [1.165, 1.54) is 12.8 Å². The molecule has 5 heteroatoms. The third-order valence-corrected chi connectivity index (χ3v) is 4.42. The zero-order chi connectivity index (χ0) is 15.4. The molecule has 0 bridgehead atoms. The van der Waals surface area contributed by atoms with E-state index in [-0.39, 0.29) is 12.1 Å². The van der Waals surface area contributed by atoms with Gasteiger partial charge in [-0.05, 0) is 43.4 Å². The number of benzene rings is 1. The second-order valence-corrected chi connectivity index (χ2v) is 6.17. The van der Waals surface area contributed by atoms with E-state index in [4.69, 9.17) is 5.26 Å². The summed E-state index contributed by atoms with van der Waals surface area (Å²) in [5.74, 6) is 0. The summed E-state index contributed by atoms with van der Waals surface area (Å²) in [7, 11) is 0. The van der Waals surface area contributed by atoms with Crippen molar-refractivity contribution in [3.63, 3.8) is 0 Å². The first-order valence-electron chi connectivity index (χ1n) is 8.02. The molecule has 1 saturated heterocycles. The molecule has 2 amide bonds. The van der Waals surface area contributed by atoms with Crippen LogP contribution in [0, 0.1) is 11.3 Å². The Balaban J connectivity index is 1.43. The van der Waals surface area contributed by atoms with Crippen molar-refractivity contribution in [3.05, 3.63) is 29.8 Å². The Kier molecular flexibility index (Phi) is 4.59. The lowest BCUT2D eigenvalue weighted by Gasteiger charge is -2.32. The summed E-state index contributed by atoms with van der Waals surface area (Å²) < 4.78 is 0. The van der Waals surface area contributed by atoms with E-state index in [2.05, 4.69) is 21.6 Å². The van der Waals surface area contributed by atoms with Gasteiger partial charge in [-0.1, -0.05) is 12.1 Å². The van der Waals surface area contributed by atoms with Gasteiger partial charge in [0.1, 0.15) is 0 Å². The lowest BCUT2D eigenvalue weighted by molar-refractivity contribution is 0.189. The topological polar surface area (TPSA) is 68.2 Å². The molecular weight excluding hydrogens is 276 g/mol. The van der Waals surface area contributed by atoms with E-state index in [0.717, 1.165) is 43.2 Å². The fourth-order valence-electron chi connectivity index (χ4n) is 3.00. The lowest BCUT2D eigenvalue weighted by atomic mass is 10.1. The average molecular weight is 298 g/mol. The van der Waals surface area contributed by atoms with Crippen molar-refractivity contribution in [1.29, 1.82) is 5.26 Å². The Hall–Kier alpha value is -2.06. The molecule has 0 radical (unpaired) electrons. The maximum absolute atomic E-state index is 12.0. The molecular formula is C17H22N4O. The van der Waals surface area contributed by atoms with E-state index < -0.39 is 0 Å². The number of likely N-dealkylation sites (tertiary alicyclic amines) is 1. The zero-order valence-electron chi connectivity index (χ0n) is 12.7. The summed E-state index contributed by atoms with van der Waals surface area (Å²) in [5.41, 5.74) is 1.72. The first-order chi connectivity index (χ1) is 10.7. The standard InChI is InChI=1S/C17H22N4O/c18-10-7-13-1-3-14(4-2-13)19-17(22)20-15-8-11-21(12-9-15)16-5-6-16/h1-4,15-16H,5-9,11-12H2,(H2,19,20,22). The molecule has 5 nitrogen and oxygen atoms in total. The number of anilines is 1. The highest BCUT2D eigenvalue weighted by Gasteiger charge is 2.32. The number of amides is 2.